The molecule has 0 fully saturated rings. The number of ether oxygens (including phenoxy) is 3. The Morgan fingerprint density at radius 1 is 1.30 bits per heavy atom. The molecule has 2 aromatic carbocycles. The van der Waals surface area contributed by atoms with Gasteiger partial charge >= 0.3 is 11.7 Å². The van der Waals surface area contributed by atoms with Crippen molar-refractivity contribution >= 4 is 44.7 Å². The average Bonchev–Trinajstić information content (AvgIpc) is 2.85. The molecule has 0 radical (unpaired) electrons. The summed E-state index contributed by atoms with van der Waals surface area (Å²) in [5.74, 6) is -0.398. The van der Waals surface area contributed by atoms with E-state index in [9.17, 15) is 19.7 Å². The highest BCUT2D eigenvalue weighted by atomic mass is 79.9. The number of nitro groups is 1. The van der Waals surface area contributed by atoms with E-state index >= 15 is 0 Å². The maximum atomic E-state index is 13.3. The van der Waals surface area contributed by atoms with Gasteiger partial charge in [-0.3, -0.25) is 14.9 Å². The van der Waals surface area contributed by atoms with Crippen molar-refractivity contribution in [3.05, 3.63) is 66.7 Å². The lowest BCUT2D eigenvalue weighted by Crippen LogP contribution is -2.22. The van der Waals surface area contributed by atoms with Crippen LogP contribution in [0.15, 0.2) is 44.7 Å². The molecule has 37 heavy (non-hydrogen) atoms. The second-order valence-electron chi connectivity index (χ2n) is 8.31. The first-order valence-corrected chi connectivity index (χ1v) is 12.4. The van der Waals surface area contributed by atoms with Crippen molar-refractivity contribution in [2.24, 2.45) is 5.10 Å². The van der Waals surface area contributed by atoms with E-state index in [2.05, 4.69) is 26.0 Å². The molecule has 0 N–H and O–H groups in total. The van der Waals surface area contributed by atoms with Crippen LogP contribution in [0, 0.1) is 10.1 Å². The fourth-order valence-electron chi connectivity index (χ4n) is 3.48. The second-order valence-corrected chi connectivity index (χ2v) is 9.23. The van der Waals surface area contributed by atoms with Crippen molar-refractivity contribution in [3.63, 3.8) is 0 Å². The number of aromatic nitrogens is 2. The summed E-state index contributed by atoms with van der Waals surface area (Å²) < 4.78 is 17.6. The summed E-state index contributed by atoms with van der Waals surface area (Å²) in [6.07, 6.45) is 3.18. The smallest absolute Gasteiger partial charge is 0.344 e. The van der Waals surface area contributed by atoms with Gasteiger partial charge in [0.15, 0.2) is 12.4 Å². The molecule has 0 aliphatic rings. The zero-order valence-corrected chi connectivity index (χ0v) is 22.5. The first-order valence-electron chi connectivity index (χ1n) is 11.6. The van der Waals surface area contributed by atoms with Gasteiger partial charge in [0.05, 0.1) is 35.3 Å². The maximum Gasteiger partial charge on any atom is 0.344 e. The normalized spacial score (nSPS) is 11.3. The minimum absolute atomic E-state index is 0.0205. The van der Waals surface area contributed by atoms with Crippen LogP contribution < -0.4 is 15.0 Å². The Hall–Kier alpha value is -3.80. The number of fused-ring (bicyclic) bond motifs is 1. The number of carbonyl (C=O) groups is 1. The highest BCUT2D eigenvalue weighted by Gasteiger charge is 2.23. The number of rotatable bonds is 11. The summed E-state index contributed by atoms with van der Waals surface area (Å²) in [6, 6.07) is 7.92. The molecule has 0 saturated carbocycles. The third kappa shape index (κ3) is 6.91. The van der Waals surface area contributed by atoms with E-state index in [-0.39, 0.29) is 28.7 Å². The molecule has 0 amide bonds. The molecule has 1 heterocycles. The van der Waals surface area contributed by atoms with Gasteiger partial charge in [-0.25, -0.2) is 9.78 Å². The van der Waals surface area contributed by atoms with Crippen molar-refractivity contribution in [1.82, 2.24) is 9.66 Å². The molecule has 0 spiro atoms. The fourth-order valence-corrected chi connectivity index (χ4v) is 3.84. The molecule has 0 saturated heterocycles. The fraction of sp³-hybridized carbons (Fsp3) is 0.360. The van der Waals surface area contributed by atoms with Gasteiger partial charge in [0.1, 0.15) is 5.82 Å². The Morgan fingerprint density at radius 3 is 2.70 bits per heavy atom. The van der Waals surface area contributed by atoms with Crippen LogP contribution in [0.3, 0.4) is 0 Å². The number of carbonyl (C=O) groups excluding carboxylic acids is 1. The third-order valence-electron chi connectivity index (χ3n) is 5.13. The van der Waals surface area contributed by atoms with Gasteiger partial charge < -0.3 is 14.2 Å². The van der Waals surface area contributed by atoms with Gasteiger partial charge in [-0.15, -0.1) is 0 Å². The van der Waals surface area contributed by atoms with Crippen LogP contribution in [0.4, 0.5) is 5.69 Å². The van der Waals surface area contributed by atoms with Gasteiger partial charge in [0.25, 0.3) is 5.56 Å². The Labute approximate surface area is 221 Å². The summed E-state index contributed by atoms with van der Waals surface area (Å²) in [7, 11) is 1.32. The van der Waals surface area contributed by atoms with Crippen LogP contribution in [0.5, 0.6) is 11.5 Å². The molecule has 3 rings (SSSR count). The first kappa shape index (κ1) is 27.8. The summed E-state index contributed by atoms with van der Waals surface area (Å²) in [5, 5.41) is 16.5. The van der Waals surface area contributed by atoms with Gasteiger partial charge in [-0.1, -0.05) is 29.3 Å². The predicted molar refractivity (Wildman–Crippen MR) is 142 cm³/mol. The lowest BCUT2D eigenvalue weighted by molar-refractivity contribution is -0.385. The zero-order chi connectivity index (χ0) is 27.1. The van der Waals surface area contributed by atoms with Gasteiger partial charge in [-0.2, -0.15) is 9.78 Å². The SMILES string of the molecule is CCCCc1nc2ccc(Br)cc2c(=O)n1N=Cc1cc(OC)c(OCC(=O)OC(C)C)c([N+](=O)[O-])c1. The number of aryl methyl sites for hydroxylation is 1. The van der Waals surface area contributed by atoms with Crippen molar-refractivity contribution in [2.75, 3.05) is 13.7 Å². The second kappa shape index (κ2) is 12.4. The number of esters is 1. The van der Waals surface area contributed by atoms with E-state index in [4.69, 9.17) is 14.2 Å². The molecule has 1 aromatic heterocycles. The lowest BCUT2D eigenvalue weighted by Gasteiger charge is -2.13. The largest absolute Gasteiger partial charge is 0.493 e. The van der Waals surface area contributed by atoms with Crippen molar-refractivity contribution in [1.29, 1.82) is 0 Å². The van der Waals surface area contributed by atoms with Crippen LogP contribution in [0.25, 0.3) is 10.9 Å². The summed E-state index contributed by atoms with van der Waals surface area (Å²) in [5.41, 5.74) is 0.0416. The van der Waals surface area contributed by atoms with E-state index in [1.165, 1.54) is 30.1 Å². The van der Waals surface area contributed by atoms with Crippen LogP contribution in [0.1, 0.15) is 45.0 Å². The number of methoxy groups -OCH3 is 1. The standard InChI is InChI=1S/C25H27BrN4O7/c1-5-6-7-22-28-19-9-8-17(26)12-18(19)25(32)29(22)27-13-16-10-20(30(33)34)24(21(11-16)35-4)36-14-23(31)37-15(2)3/h8-13,15H,5-7,14H2,1-4H3. The Bertz CT molecular complexity index is 1400. The van der Waals surface area contributed by atoms with Crippen molar-refractivity contribution in [3.8, 4) is 11.5 Å². The van der Waals surface area contributed by atoms with Gasteiger partial charge in [-0.05, 0) is 44.5 Å². The number of unbranched alkanes of at least 4 members (excludes halogenated alkanes) is 1. The maximum absolute atomic E-state index is 13.3. The zero-order valence-electron chi connectivity index (χ0n) is 20.9. The predicted octanol–water partition coefficient (Wildman–Crippen LogP) is 4.63. The number of halogens is 1. The number of nitro benzene ring substituents is 1. The monoisotopic (exact) mass is 574 g/mol. The molecule has 0 unspecified atom stereocenters. The Morgan fingerprint density at radius 2 is 2.05 bits per heavy atom. The van der Waals surface area contributed by atoms with Crippen molar-refractivity contribution in [2.45, 2.75) is 46.1 Å². The van der Waals surface area contributed by atoms with E-state index in [0.717, 1.165) is 17.3 Å². The number of hydrogen-bond donors (Lipinski definition) is 0. The molecule has 12 heteroatoms. The van der Waals surface area contributed by atoms with Crippen LogP contribution >= 0.6 is 15.9 Å². The molecule has 0 bridgehead atoms. The Kier molecular flexibility index (Phi) is 9.34. The van der Waals surface area contributed by atoms with Crippen LogP contribution in [-0.2, 0) is 16.0 Å². The average molecular weight is 575 g/mol. The molecule has 0 aliphatic carbocycles. The van der Waals surface area contributed by atoms with Gasteiger partial charge in [0, 0.05) is 22.5 Å². The first-order chi connectivity index (χ1) is 17.6. The minimum atomic E-state index is -0.675. The van der Waals surface area contributed by atoms with Crippen LogP contribution in [-0.4, -0.2) is 46.6 Å². The van der Waals surface area contributed by atoms with Gasteiger partial charge in [0.2, 0.25) is 5.75 Å². The van der Waals surface area contributed by atoms with E-state index in [0.29, 0.717) is 23.1 Å². The summed E-state index contributed by atoms with van der Waals surface area (Å²) in [4.78, 5) is 40.9. The van der Waals surface area contributed by atoms with Crippen LogP contribution in [0.2, 0.25) is 0 Å². The summed E-state index contributed by atoms with van der Waals surface area (Å²) >= 11 is 3.37. The third-order valence-corrected chi connectivity index (χ3v) is 5.62. The number of nitrogens with zero attached hydrogens (tertiary/aromatic N) is 4. The molecular weight excluding hydrogens is 548 g/mol. The molecule has 0 atom stereocenters. The lowest BCUT2D eigenvalue weighted by atomic mass is 10.2. The van der Waals surface area contributed by atoms with E-state index < -0.39 is 23.2 Å². The molecule has 11 nitrogen and oxygen atoms in total. The topological polar surface area (TPSA) is 135 Å². The highest BCUT2D eigenvalue weighted by Crippen LogP contribution is 2.38. The number of hydrogen-bond acceptors (Lipinski definition) is 9. The summed E-state index contributed by atoms with van der Waals surface area (Å²) in [6.45, 7) is 4.86. The molecule has 0 aliphatic heterocycles. The Balaban J connectivity index is 2.04. The minimum Gasteiger partial charge on any atom is -0.493 e. The van der Waals surface area contributed by atoms with E-state index in [1.807, 2.05) is 13.0 Å². The molecule has 3 aromatic rings. The van der Waals surface area contributed by atoms with E-state index in [1.54, 1.807) is 26.0 Å². The quantitative estimate of drug-likeness (QED) is 0.140. The number of benzene rings is 2. The molecular formula is C25H27BrN4O7. The van der Waals surface area contributed by atoms with Crippen molar-refractivity contribution < 1.29 is 23.9 Å². The molecule has 196 valence electrons. The highest BCUT2D eigenvalue weighted by molar-refractivity contribution is 9.10.